The molecular formula is C24H21ClN3O3+. The van der Waals surface area contributed by atoms with Crippen LogP contribution >= 0.6 is 11.6 Å². The molecule has 2 atom stereocenters. The molecule has 1 aliphatic rings. The lowest BCUT2D eigenvalue weighted by Gasteiger charge is -2.15. The van der Waals surface area contributed by atoms with Gasteiger partial charge in [-0.3, -0.25) is 9.59 Å². The molecule has 2 amide bonds. The van der Waals surface area contributed by atoms with Gasteiger partial charge in [0, 0.05) is 21.7 Å². The summed E-state index contributed by atoms with van der Waals surface area (Å²) in [5, 5.41) is 3.47. The number of carbonyl (C=O) groups is 2. The molecule has 0 bridgehead atoms. The van der Waals surface area contributed by atoms with Crippen molar-refractivity contribution in [1.82, 2.24) is 10.7 Å². The van der Waals surface area contributed by atoms with Crippen molar-refractivity contribution in [2.75, 3.05) is 7.11 Å². The van der Waals surface area contributed by atoms with Crippen LogP contribution in [-0.2, 0) is 4.79 Å². The molecule has 1 saturated heterocycles. The van der Waals surface area contributed by atoms with Gasteiger partial charge in [0.15, 0.2) is 6.04 Å². The summed E-state index contributed by atoms with van der Waals surface area (Å²) in [7, 11) is 1.60. The van der Waals surface area contributed by atoms with Crippen LogP contribution in [0.2, 0.25) is 5.02 Å². The van der Waals surface area contributed by atoms with Gasteiger partial charge in [-0.1, -0.05) is 48.0 Å². The van der Waals surface area contributed by atoms with Crippen molar-refractivity contribution in [1.29, 1.82) is 0 Å². The zero-order chi connectivity index (χ0) is 21.8. The standard InChI is InChI=1S/C24H20ClN3O3/c1-31-20-9-5-6-16(14-20)15-28-22(17-10-12-19(25)13-11-17)21(24(30)27-28)26-23(29)18-7-3-2-4-8-18/h2-15,21-22H,1H3,(H-,26,27,29,30)/p+1/b28-15-/t21-,22-/m0/s1. The van der Waals surface area contributed by atoms with E-state index >= 15 is 0 Å². The van der Waals surface area contributed by atoms with Crippen LogP contribution in [0.4, 0.5) is 0 Å². The molecule has 3 aromatic carbocycles. The van der Waals surface area contributed by atoms with Gasteiger partial charge < -0.3 is 10.1 Å². The average molecular weight is 435 g/mol. The minimum Gasteiger partial charge on any atom is -0.497 e. The molecule has 1 aliphatic heterocycles. The topological polar surface area (TPSA) is 70.4 Å². The van der Waals surface area contributed by atoms with E-state index in [1.165, 1.54) is 0 Å². The van der Waals surface area contributed by atoms with Crippen molar-refractivity contribution in [2.24, 2.45) is 0 Å². The van der Waals surface area contributed by atoms with Gasteiger partial charge in [0.05, 0.1) is 7.11 Å². The summed E-state index contributed by atoms with van der Waals surface area (Å²) in [5.74, 6) is 0.0857. The van der Waals surface area contributed by atoms with Crippen LogP contribution in [0, 0.1) is 0 Å². The Bertz CT molecular complexity index is 1130. The SMILES string of the molecule is COc1cccc(/C=[N+]2\NC(=O)[C@@H](NC(=O)c3ccccc3)[C@@H]2c2ccc(Cl)cc2)c1. The van der Waals surface area contributed by atoms with Gasteiger partial charge in [-0.15, -0.1) is 10.1 Å². The lowest BCUT2D eigenvalue weighted by molar-refractivity contribution is -0.596. The van der Waals surface area contributed by atoms with E-state index in [4.69, 9.17) is 16.3 Å². The lowest BCUT2D eigenvalue weighted by Crippen LogP contribution is -2.42. The summed E-state index contributed by atoms with van der Waals surface area (Å²) < 4.78 is 6.99. The molecule has 0 saturated carbocycles. The highest BCUT2D eigenvalue weighted by molar-refractivity contribution is 6.30. The highest BCUT2D eigenvalue weighted by Crippen LogP contribution is 2.27. The minimum atomic E-state index is -0.796. The number of hydrogen-bond acceptors (Lipinski definition) is 3. The molecule has 0 aromatic heterocycles. The average Bonchev–Trinajstić information content (AvgIpc) is 3.09. The van der Waals surface area contributed by atoms with Crippen molar-refractivity contribution in [3.8, 4) is 5.75 Å². The number of benzene rings is 3. The molecule has 0 spiro atoms. The number of hydrazone groups is 1. The first-order valence-electron chi connectivity index (χ1n) is 9.74. The Kier molecular flexibility index (Phi) is 6.00. The normalized spacial score (nSPS) is 19.2. The quantitative estimate of drug-likeness (QED) is 0.605. The Morgan fingerprint density at radius 2 is 1.81 bits per heavy atom. The van der Waals surface area contributed by atoms with Crippen LogP contribution in [0.3, 0.4) is 0 Å². The molecule has 7 heteroatoms. The molecule has 0 unspecified atom stereocenters. The number of ether oxygens (including phenoxy) is 1. The molecule has 6 nitrogen and oxygen atoms in total. The fraction of sp³-hybridized carbons (Fsp3) is 0.125. The zero-order valence-electron chi connectivity index (χ0n) is 16.8. The zero-order valence-corrected chi connectivity index (χ0v) is 17.5. The summed E-state index contributed by atoms with van der Waals surface area (Å²) in [5.41, 5.74) is 5.02. The fourth-order valence-corrected chi connectivity index (χ4v) is 3.66. The molecule has 0 radical (unpaired) electrons. The van der Waals surface area contributed by atoms with E-state index in [-0.39, 0.29) is 11.8 Å². The van der Waals surface area contributed by atoms with E-state index in [0.717, 1.165) is 11.1 Å². The maximum absolute atomic E-state index is 12.9. The Balaban J connectivity index is 1.71. The first kappa shape index (κ1) is 20.6. The van der Waals surface area contributed by atoms with E-state index in [1.54, 1.807) is 48.2 Å². The van der Waals surface area contributed by atoms with E-state index < -0.39 is 12.1 Å². The van der Waals surface area contributed by atoms with E-state index in [2.05, 4.69) is 10.7 Å². The van der Waals surface area contributed by atoms with Gasteiger partial charge in [0.1, 0.15) is 5.75 Å². The van der Waals surface area contributed by atoms with Gasteiger partial charge >= 0.3 is 5.91 Å². The predicted molar refractivity (Wildman–Crippen MR) is 118 cm³/mol. The Morgan fingerprint density at radius 1 is 1.06 bits per heavy atom. The smallest absolute Gasteiger partial charge is 0.304 e. The molecular weight excluding hydrogens is 414 g/mol. The van der Waals surface area contributed by atoms with Crippen LogP contribution in [0.1, 0.15) is 27.5 Å². The molecule has 2 N–H and O–H groups in total. The number of halogens is 1. The third-order valence-corrected chi connectivity index (χ3v) is 5.31. The first-order chi connectivity index (χ1) is 15.0. The number of hydrogen-bond donors (Lipinski definition) is 2. The second-order valence-corrected chi connectivity index (χ2v) is 7.54. The number of nitrogens with one attached hydrogen (secondary N) is 2. The summed E-state index contributed by atoms with van der Waals surface area (Å²) in [4.78, 5) is 25.6. The Labute approximate surface area is 185 Å². The van der Waals surface area contributed by atoms with Gasteiger partial charge in [0.25, 0.3) is 5.91 Å². The Morgan fingerprint density at radius 3 is 2.52 bits per heavy atom. The molecule has 31 heavy (non-hydrogen) atoms. The largest absolute Gasteiger partial charge is 0.497 e. The fourth-order valence-electron chi connectivity index (χ4n) is 3.54. The van der Waals surface area contributed by atoms with Crippen molar-refractivity contribution in [3.63, 3.8) is 0 Å². The number of rotatable bonds is 5. The molecule has 1 heterocycles. The third-order valence-electron chi connectivity index (χ3n) is 5.05. The third kappa shape index (κ3) is 4.59. The predicted octanol–water partition coefficient (Wildman–Crippen LogP) is 3.36. The van der Waals surface area contributed by atoms with Crippen molar-refractivity contribution in [3.05, 3.63) is 101 Å². The molecule has 156 valence electrons. The highest BCUT2D eigenvalue weighted by atomic mass is 35.5. The van der Waals surface area contributed by atoms with Crippen molar-refractivity contribution < 1.29 is 19.0 Å². The number of methoxy groups -OCH3 is 1. The monoisotopic (exact) mass is 434 g/mol. The second kappa shape index (κ2) is 9.02. The van der Waals surface area contributed by atoms with Crippen LogP contribution in [0.15, 0.2) is 78.9 Å². The summed E-state index contributed by atoms with van der Waals surface area (Å²) in [6, 6.07) is 22.3. The van der Waals surface area contributed by atoms with E-state index in [9.17, 15) is 9.59 Å². The van der Waals surface area contributed by atoms with Gasteiger partial charge in [-0.25, -0.2) is 0 Å². The highest BCUT2D eigenvalue weighted by Gasteiger charge is 2.47. The van der Waals surface area contributed by atoms with Crippen molar-refractivity contribution in [2.45, 2.75) is 12.1 Å². The molecule has 1 fully saturated rings. The van der Waals surface area contributed by atoms with Gasteiger partial charge in [-0.2, -0.15) is 0 Å². The summed E-state index contributed by atoms with van der Waals surface area (Å²) in [6.45, 7) is 0. The summed E-state index contributed by atoms with van der Waals surface area (Å²) >= 11 is 6.06. The van der Waals surface area contributed by atoms with Crippen LogP contribution in [0.25, 0.3) is 0 Å². The van der Waals surface area contributed by atoms with Crippen LogP contribution in [0.5, 0.6) is 5.75 Å². The number of hydrazine groups is 1. The van der Waals surface area contributed by atoms with E-state index in [0.29, 0.717) is 16.3 Å². The summed E-state index contributed by atoms with van der Waals surface area (Å²) in [6.07, 6.45) is 1.81. The number of nitrogens with zero attached hydrogens (tertiary/aromatic N) is 1. The Hall–Kier alpha value is -3.64. The van der Waals surface area contributed by atoms with Crippen molar-refractivity contribution >= 4 is 29.6 Å². The minimum absolute atomic E-state index is 0.302. The number of amides is 2. The molecule has 4 rings (SSSR count). The van der Waals surface area contributed by atoms with Crippen LogP contribution in [-0.4, -0.2) is 35.9 Å². The molecule has 3 aromatic rings. The first-order valence-corrected chi connectivity index (χ1v) is 10.1. The lowest BCUT2D eigenvalue weighted by atomic mass is 10.00. The maximum atomic E-state index is 12.9. The second-order valence-electron chi connectivity index (χ2n) is 7.10. The number of carbonyl (C=O) groups excluding carboxylic acids is 2. The van der Waals surface area contributed by atoms with E-state index in [1.807, 2.05) is 48.7 Å². The van der Waals surface area contributed by atoms with Gasteiger partial charge in [0.2, 0.25) is 12.3 Å². The van der Waals surface area contributed by atoms with Crippen LogP contribution < -0.4 is 15.5 Å². The molecule has 0 aliphatic carbocycles. The maximum Gasteiger partial charge on any atom is 0.304 e. The van der Waals surface area contributed by atoms with Gasteiger partial charge in [-0.05, 0) is 42.5 Å².